The van der Waals surface area contributed by atoms with E-state index in [1.165, 1.54) is 11.8 Å². The molecule has 0 bridgehead atoms. The SMILES string of the molecule is CSCCC(NC(=O)C(N)CCCCN)C(=O)NC(CS)C(=O)NC(CCC(=O)O)C(=O)O. The van der Waals surface area contributed by atoms with Gasteiger partial charge in [-0.1, -0.05) is 6.42 Å². The average Bonchev–Trinajstić information content (AvgIpc) is 2.76. The van der Waals surface area contributed by atoms with Gasteiger partial charge >= 0.3 is 11.9 Å². The van der Waals surface area contributed by atoms with E-state index in [1.807, 2.05) is 6.26 Å². The summed E-state index contributed by atoms with van der Waals surface area (Å²) < 4.78 is 0. The van der Waals surface area contributed by atoms with Gasteiger partial charge in [-0.15, -0.1) is 0 Å². The predicted molar refractivity (Wildman–Crippen MR) is 128 cm³/mol. The van der Waals surface area contributed by atoms with Crippen molar-refractivity contribution in [1.82, 2.24) is 16.0 Å². The Morgan fingerprint density at radius 3 is 1.97 bits per heavy atom. The number of hydrogen-bond acceptors (Lipinski definition) is 9. The molecule has 12 nitrogen and oxygen atoms in total. The first-order valence-corrected chi connectivity index (χ1v) is 12.5. The fraction of sp³-hybridized carbons (Fsp3) is 0.737. The Kier molecular flexibility index (Phi) is 16.4. The Hall–Kier alpha value is -2.03. The van der Waals surface area contributed by atoms with Crippen molar-refractivity contribution >= 4 is 54.1 Å². The van der Waals surface area contributed by atoms with Crippen LogP contribution in [0.15, 0.2) is 0 Å². The second-order valence-corrected chi connectivity index (χ2v) is 8.66. The molecule has 0 aromatic heterocycles. The molecule has 0 saturated heterocycles. The highest BCUT2D eigenvalue weighted by atomic mass is 32.2. The molecule has 0 heterocycles. The molecule has 14 heteroatoms. The van der Waals surface area contributed by atoms with E-state index in [4.69, 9.17) is 16.6 Å². The number of thioether (sulfide) groups is 1. The number of thiol groups is 1. The quantitative estimate of drug-likeness (QED) is 0.0793. The standard InChI is InChI=1S/C19H35N5O7S2/c1-33-9-7-12(22-16(27)11(21)4-2-3-8-20)17(28)24-14(10-32)18(29)23-13(19(30)31)5-6-15(25)26/h11-14,32H,2-10,20-21H2,1H3,(H,22,27)(H,23,29)(H,24,28)(H,25,26)(H,30,31). The van der Waals surface area contributed by atoms with E-state index in [2.05, 4.69) is 28.6 Å². The number of carbonyl (C=O) groups is 5. The molecule has 0 aliphatic carbocycles. The van der Waals surface area contributed by atoms with Crippen LogP contribution < -0.4 is 27.4 Å². The van der Waals surface area contributed by atoms with Crippen molar-refractivity contribution in [3.05, 3.63) is 0 Å². The number of nitrogens with two attached hydrogens (primary N) is 2. The molecule has 4 unspecified atom stereocenters. The van der Waals surface area contributed by atoms with Crippen molar-refractivity contribution in [2.24, 2.45) is 11.5 Å². The Labute approximate surface area is 202 Å². The lowest BCUT2D eigenvalue weighted by molar-refractivity contribution is -0.143. The zero-order valence-corrected chi connectivity index (χ0v) is 20.3. The summed E-state index contributed by atoms with van der Waals surface area (Å²) in [6.45, 7) is 0.485. The number of carboxylic acid groups (broad SMARTS) is 2. The van der Waals surface area contributed by atoms with Crippen LogP contribution in [0.4, 0.5) is 0 Å². The summed E-state index contributed by atoms with van der Waals surface area (Å²) in [4.78, 5) is 59.6. The van der Waals surface area contributed by atoms with E-state index in [0.717, 1.165) is 6.42 Å². The molecule has 4 atom stereocenters. The van der Waals surface area contributed by atoms with Crippen molar-refractivity contribution in [3.8, 4) is 0 Å². The first-order chi connectivity index (χ1) is 15.6. The molecule has 0 saturated carbocycles. The third-order valence-corrected chi connectivity index (χ3v) is 5.64. The molecule has 3 amide bonds. The van der Waals surface area contributed by atoms with Gasteiger partial charge in [-0.05, 0) is 44.2 Å². The highest BCUT2D eigenvalue weighted by Crippen LogP contribution is 2.05. The Balaban J connectivity index is 5.12. The average molecular weight is 510 g/mol. The van der Waals surface area contributed by atoms with Gasteiger partial charge in [0.2, 0.25) is 17.7 Å². The largest absolute Gasteiger partial charge is 0.481 e. The minimum Gasteiger partial charge on any atom is -0.481 e. The maximum atomic E-state index is 12.8. The van der Waals surface area contributed by atoms with Gasteiger partial charge in [0.05, 0.1) is 6.04 Å². The molecular weight excluding hydrogens is 474 g/mol. The van der Waals surface area contributed by atoms with Crippen LogP contribution in [0.1, 0.15) is 38.5 Å². The van der Waals surface area contributed by atoms with Crippen LogP contribution in [0.2, 0.25) is 0 Å². The maximum absolute atomic E-state index is 12.8. The number of nitrogens with one attached hydrogen (secondary N) is 3. The lowest BCUT2D eigenvalue weighted by atomic mass is 10.1. The topological polar surface area (TPSA) is 214 Å². The molecule has 0 aromatic rings. The molecule has 0 fully saturated rings. The van der Waals surface area contributed by atoms with Crippen LogP contribution in [-0.4, -0.2) is 88.3 Å². The fourth-order valence-corrected chi connectivity index (χ4v) is 3.42. The number of aliphatic carboxylic acids is 2. The van der Waals surface area contributed by atoms with Crippen molar-refractivity contribution < 1.29 is 34.2 Å². The number of rotatable bonds is 18. The summed E-state index contributed by atoms with van der Waals surface area (Å²) in [6, 6.07) is -4.40. The summed E-state index contributed by atoms with van der Waals surface area (Å²) in [6.07, 6.45) is 3.14. The molecule has 0 aliphatic heterocycles. The van der Waals surface area contributed by atoms with Crippen LogP contribution in [0.3, 0.4) is 0 Å². The van der Waals surface area contributed by atoms with Crippen LogP contribution >= 0.6 is 24.4 Å². The van der Waals surface area contributed by atoms with E-state index in [1.54, 1.807) is 0 Å². The molecule has 0 radical (unpaired) electrons. The minimum absolute atomic E-state index is 0.148. The first kappa shape index (κ1) is 31.0. The lowest BCUT2D eigenvalue weighted by Crippen LogP contribution is -2.57. The molecule has 0 aromatic carbocycles. The van der Waals surface area contributed by atoms with Crippen molar-refractivity contribution in [2.75, 3.05) is 24.3 Å². The molecule has 0 aliphatic rings. The third-order valence-electron chi connectivity index (χ3n) is 4.63. The van der Waals surface area contributed by atoms with E-state index in [-0.39, 0.29) is 18.6 Å². The third kappa shape index (κ3) is 13.3. The van der Waals surface area contributed by atoms with E-state index in [9.17, 15) is 29.1 Å². The Bertz CT molecular complexity index is 668. The minimum atomic E-state index is -1.44. The van der Waals surface area contributed by atoms with Gasteiger partial charge in [-0.25, -0.2) is 4.79 Å². The zero-order chi connectivity index (χ0) is 25.4. The summed E-state index contributed by atoms with van der Waals surface area (Å²) in [7, 11) is 0. The van der Waals surface area contributed by atoms with Crippen molar-refractivity contribution in [1.29, 1.82) is 0 Å². The number of amides is 3. The van der Waals surface area contributed by atoms with Gasteiger partial charge in [0.15, 0.2) is 0 Å². The number of carbonyl (C=O) groups excluding carboxylic acids is 3. The van der Waals surface area contributed by atoms with Crippen LogP contribution in [0.25, 0.3) is 0 Å². The lowest BCUT2D eigenvalue weighted by Gasteiger charge is -2.24. The number of carboxylic acids is 2. The highest BCUT2D eigenvalue weighted by molar-refractivity contribution is 7.98. The number of unbranched alkanes of at least 4 members (excludes halogenated alkanes) is 1. The predicted octanol–water partition coefficient (Wildman–Crippen LogP) is -1.47. The Morgan fingerprint density at radius 2 is 1.45 bits per heavy atom. The van der Waals surface area contributed by atoms with Crippen LogP contribution in [-0.2, 0) is 24.0 Å². The Morgan fingerprint density at radius 1 is 0.879 bits per heavy atom. The summed E-state index contributed by atoms with van der Waals surface area (Å²) in [5.41, 5.74) is 11.3. The van der Waals surface area contributed by atoms with E-state index in [0.29, 0.717) is 25.1 Å². The molecule has 33 heavy (non-hydrogen) atoms. The van der Waals surface area contributed by atoms with Gasteiger partial charge in [-0.3, -0.25) is 19.2 Å². The highest BCUT2D eigenvalue weighted by Gasteiger charge is 2.29. The zero-order valence-electron chi connectivity index (χ0n) is 18.6. The summed E-state index contributed by atoms with van der Waals surface area (Å²) in [5, 5.41) is 25.2. The molecule has 9 N–H and O–H groups in total. The van der Waals surface area contributed by atoms with Gasteiger partial charge in [0.25, 0.3) is 0 Å². The first-order valence-electron chi connectivity index (χ1n) is 10.5. The second-order valence-electron chi connectivity index (χ2n) is 7.31. The van der Waals surface area contributed by atoms with Gasteiger partial charge in [0.1, 0.15) is 18.1 Å². The monoisotopic (exact) mass is 509 g/mol. The molecule has 0 rings (SSSR count). The smallest absolute Gasteiger partial charge is 0.326 e. The molecule has 0 spiro atoms. The van der Waals surface area contributed by atoms with Crippen LogP contribution in [0.5, 0.6) is 0 Å². The molecule has 190 valence electrons. The molecular formula is C19H35N5O7S2. The number of hydrogen-bond donors (Lipinski definition) is 8. The van der Waals surface area contributed by atoms with Crippen LogP contribution in [0, 0.1) is 0 Å². The van der Waals surface area contributed by atoms with Gasteiger partial charge < -0.3 is 37.6 Å². The van der Waals surface area contributed by atoms with Crippen molar-refractivity contribution in [3.63, 3.8) is 0 Å². The summed E-state index contributed by atoms with van der Waals surface area (Å²) in [5.74, 6) is -4.17. The van der Waals surface area contributed by atoms with Gasteiger partial charge in [0, 0.05) is 12.2 Å². The second kappa shape index (κ2) is 17.4. The summed E-state index contributed by atoms with van der Waals surface area (Å²) >= 11 is 5.51. The normalized spacial score (nSPS) is 14.4. The van der Waals surface area contributed by atoms with E-state index < -0.39 is 60.2 Å². The fourth-order valence-electron chi connectivity index (χ4n) is 2.69. The van der Waals surface area contributed by atoms with E-state index >= 15 is 0 Å². The maximum Gasteiger partial charge on any atom is 0.326 e. The van der Waals surface area contributed by atoms with Crippen molar-refractivity contribution in [2.45, 2.75) is 62.7 Å². The van der Waals surface area contributed by atoms with Gasteiger partial charge in [-0.2, -0.15) is 24.4 Å².